The van der Waals surface area contributed by atoms with Gasteiger partial charge in [-0.2, -0.15) is 13.2 Å². The maximum absolute atomic E-state index is 12.5. The smallest absolute Gasteiger partial charge is 0.166 e. The van der Waals surface area contributed by atoms with Gasteiger partial charge in [-0.15, -0.1) is 11.3 Å². The zero-order valence-electron chi connectivity index (χ0n) is 8.51. The molecule has 4 heteroatoms. The van der Waals surface area contributed by atoms with Crippen LogP contribution in [0.2, 0.25) is 0 Å². The van der Waals surface area contributed by atoms with Gasteiger partial charge in [-0.1, -0.05) is 12.1 Å². The molecule has 1 aromatic heterocycles. The van der Waals surface area contributed by atoms with Crippen LogP contribution in [0, 0.1) is 6.92 Å². The molecule has 16 heavy (non-hydrogen) atoms. The molecular formula is C12H9F3S. The van der Waals surface area contributed by atoms with Crippen molar-refractivity contribution < 1.29 is 13.2 Å². The van der Waals surface area contributed by atoms with Crippen LogP contribution >= 0.6 is 11.3 Å². The van der Waals surface area contributed by atoms with Crippen molar-refractivity contribution in [2.24, 2.45) is 0 Å². The molecule has 0 spiro atoms. The first-order valence-electron chi connectivity index (χ1n) is 4.69. The number of alkyl halides is 3. The molecule has 0 saturated carbocycles. The minimum absolute atomic E-state index is 0.601. The Labute approximate surface area is 95.4 Å². The van der Waals surface area contributed by atoms with E-state index in [2.05, 4.69) is 0 Å². The Morgan fingerprint density at radius 1 is 1.12 bits per heavy atom. The van der Waals surface area contributed by atoms with Crippen molar-refractivity contribution in [2.45, 2.75) is 13.1 Å². The van der Waals surface area contributed by atoms with Crippen LogP contribution in [0.5, 0.6) is 0 Å². The SMILES string of the molecule is Cc1csc(-c2cccc(C(F)(F)F)c2)c1. The van der Waals surface area contributed by atoms with E-state index < -0.39 is 11.7 Å². The van der Waals surface area contributed by atoms with Gasteiger partial charge in [0, 0.05) is 4.88 Å². The van der Waals surface area contributed by atoms with Crippen molar-refractivity contribution >= 4 is 11.3 Å². The fraction of sp³-hybridized carbons (Fsp3) is 0.167. The van der Waals surface area contributed by atoms with Crippen molar-refractivity contribution in [3.63, 3.8) is 0 Å². The van der Waals surface area contributed by atoms with Crippen LogP contribution in [0.15, 0.2) is 35.7 Å². The molecule has 0 amide bonds. The molecule has 0 N–H and O–H groups in total. The van der Waals surface area contributed by atoms with Gasteiger partial charge in [-0.3, -0.25) is 0 Å². The maximum atomic E-state index is 12.5. The molecule has 0 unspecified atom stereocenters. The number of hydrogen-bond acceptors (Lipinski definition) is 1. The zero-order chi connectivity index (χ0) is 11.8. The Kier molecular flexibility index (Phi) is 2.76. The molecule has 0 aliphatic rings. The topological polar surface area (TPSA) is 0 Å². The Hall–Kier alpha value is -1.29. The highest BCUT2D eigenvalue weighted by Gasteiger charge is 2.30. The summed E-state index contributed by atoms with van der Waals surface area (Å²) in [5, 5.41) is 1.93. The number of halogens is 3. The standard InChI is InChI=1S/C12H9F3S/c1-8-5-11(16-7-8)9-3-2-4-10(6-9)12(13,14)15/h2-7H,1H3. The van der Waals surface area contributed by atoms with Crippen LogP contribution < -0.4 is 0 Å². The summed E-state index contributed by atoms with van der Waals surface area (Å²) >= 11 is 1.45. The minimum atomic E-state index is -4.28. The lowest BCUT2D eigenvalue weighted by Gasteiger charge is -2.07. The van der Waals surface area contributed by atoms with Crippen molar-refractivity contribution in [3.8, 4) is 10.4 Å². The van der Waals surface area contributed by atoms with E-state index in [4.69, 9.17) is 0 Å². The molecule has 2 aromatic rings. The number of hydrogen-bond donors (Lipinski definition) is 0. The van der Waals surface area contributed by atoms with E-state index in [0.717, 1.165) is 16.5 Å². The highest BCUT2D eigenvalue weighted by atomic mass is 32.1. The minimum Gasteiger partial charge on any atom is -0.166 e. The van der Waals surface area contributed by atoms with Crippen LogP contribution in [0.1, 0.15) is 11.1 Å². The van der Waals surface area contributed by atoms with Gasteiger partial charge in [-0.05, 0) is 41.6 Å². The third kappa shape index (κ3) is 2.27. The van der Waals surface area contributed by atoms with Gasteiger partial charge < -0.3 is 0 Å². The molecule has 0 aliphatic heterocycles. The summed E-state index contributed by atoms with van der Waals surface area (Å²) in [6.07, 6.45) is -4.28. The van der Waals surface area contributed by atoms with Crippen molar-refractivity contribution in [1.29, 1.82) is 0 Å². The summed E-state index contributed by atoms with van der Waals surface area (Å²) < 4.78 is 37.5. The predicted molar refractivity (Wildman–Crippen MR) is 59.5 cm³/mol. The summed E-state index contributed by atoms with van der Waals surface area (Å²) in [5.74, 6) is 0. The van der Waals surface area contributed by atoms with Gasteiger partial charge in [0.05, 0.1) is 5.56 Å². The molecule has 0 bridgehead atoms. The lowest BCUT2D eigenvalue weighted by Crippen LogP contribution is -2.04. The van der Waals surface area contributed by atoms with Crippen LogP contribution in [0.4, 0.5) is 13.2 Å². The van der Waals surface area contributed by atoms with Crippen molar-refractivity contribution in [1.82, 2.24) is 0 Å². The third-order valence-corrected chi connectivity index (χ3v) is 3.30. The number of thiophene rings is 1. The van der Waals surface area contributed by atoms with Crippen LogP contribution in [-0.4, -0.2) is 0 Å². The molecular weight excluding hydrogens is 233 g/mol. The lowest BCUT2D eigenvalue weighted by atomic mass is 10.1. The summed E-state index contributed by atoms with van der Waals surface area (Å²) in [7, 11) is 0. The predicted octanol–water partition coefficient (Wildman–Crippen LogP) is 4.74. The highest BCUT2D eigenvalue weighted by Crippen LogP contribution is 2.33. The van der Waals surface area contributed by atoms with Gasteiger partial charge in [-0.25, -0.2) is 0 Å². The molecule has 0 radical (unpaired) electrons. The molecule has 0 aliphatic carbocycles. The molecule has 0 atom stereocenters. The second-order valence-electron chi connectivity index (χ2n) is 3.57. The zero-order valence-corrected chi connectivity index (χ0v) is 9.32. The number of aryl methyl sites for hydroxylation is 1. The average molecular weight is 242 g/mol. The molecule has 0 nitrogen and oxygen atoms in total. The van der Waals surface area contributed by atoms with E-state index in [-0.39, 0.29) is 0 Å². The number of benzene rings is 1. The normalized spacial score (nSPS) is 11.8. The molecule has 1 heterocycles. The molecule has 2 rings (SSSR count). The second kappa shape index (κ2) is 3.94. The summed E-state index contributed by atoms with van der Waals surface area (Å²) in [6, 6.07) is 7.29. The Morgan fingerprint density at radius 2 is 1.88 bits per heavy atom. The summed E-state index contributed by atoms with van der Waals surface area (Å²) in [4.78, 5) is 0.864. The fourth-order valence-corrected chi connectivity index (χ4v) is 2.33. The van der Waals surface area contributed by atoms with Gasteiger partial charge in [0.15, 0.2) is 0 Å². The van der Waals surface area contributed by atoms with E-state index in [1.54, 1.807) is 6.07 Å². The van der Waals surface area contributed by atoms with Gasteiger partial charge in [0.2, 0.25) is 0 Å². The molecule has 0 saturated heterocycles. The lowest BCUT2D eigenvalue weighted by molar-refractivity contribution is -0.137. The molecule has 0 fully saturated rings. The molecule has 84 valence electrons. The van der Waals surface area contributed by atoms with E-state index in [9.17, 15) is 13.2 Å². The van der Waals surface area contributed by atoms with Crippen LogP contribution in [-0.2, 0) is 6.18 Å². The Morgan fingerprint density at radius 3 is 2.44 bits per heavy atom. The van der Waals surface area contributed by atoms with Crippen LogP contribution in [0.3, 0.4) is 0 Å². The van der Waals surface area contributed by atoms with Crippen molar-refractivity contribution in [3.05, 3.63) is 46.8 Å². The van der Waals surface area contributed by atoms with E-state index in [1.165, 1.54) is 23.5 Å². The maximum Gasteiger partial charge on any atom is 0.416 e. The van der Waals surface area contributed by atoms with E-state index >= 15 is 0 Å². The quantitative estimate of drug-likeness (QED) is 0.677. The largest absolute Gasteiger partial charge is 0.416 e. The molecule has 1 aromatic carbocycles. The monoisotopic (exact) mass is 242 g/mol. The van der Waals surface area contributed by atoms with E-state index in [1.807, 2.05) is 18.4 Å². The van der Waals surface area contributed by atoms with Gasteiger partial charge in [0.25, 0.3) is 0 Å². The summed E-state index contributed by atoms with van der Waals surface area (Å²) in [5.41, 5.74) is 1.08. The van der Waals surface area contributed by atoms with E-state index in [0.29, 0.717) is 5.56 Å². The van der Waals surface area contributed by atoms with Gasteiger partial charge in [0.1, 0.15) is 0 Å². The first kappa shape index (κ1) is 11.2. The number of rotatable bonds is 1. The Balaban J connectivity index is 2.44. The second-order valence-corrected chi connectivity index (χ2v) is 4.48. The fourth-order valence-electron chi connectivity index (χ4n) is 1.43. The van der Waals surface area contributed by atoms with Gasteiger partial charge >= 0.3 is 6.18 Å². The first-order valence-corrected chi connectivity index (χ1v) is 5.57. The average Bonchev–Trinajstić information content (AvgIpc) is 2.64. The van der Waals surface area contributed by atoms with Crippen molar-refractivity contribution in [2.75, 3.05) is 0 Å². The highest BCUT2D eigenvalue weighted by molar-refractivity contribution is 7.13. The first-order chi connectivity index (χ1) is 7.47. The Bertz CT molecular complexity index is 497. The van der Waals surface area contributed by atoms with Crippen LogP contribution in [0.25, 0.3) is 10.4 Å². The third-order valence-electron chi connectivity index (χ3n) is 2.20. The summed E-state index contributed by atoms with van der Waals surface area (Å²) in [6.45, 7) is 1.92.